The molecule has 0 saturated heterocycles. The van der Waals surface area contributed by atoms with Gasteiger partial charge in [0, 0.05) is 24.6 Å². The summed E-state index contributed by atoms with van der Waals surface area (Å²) in [7, 11) is 1.54. The fraction of sp³-hybridized carbons (Fsp3) is 0.176. The summed E-state index contributed by atoms with van der Waals surface area (Å²) in [5.74, 6) is -2.21. The minimum atomic E-state index is -0.925. The van der Waals surface area contributed by atoms with Crippen LogP contribution in [0, 0.1) is 11.6 Å². The van der Waals surface area contributed by atoms with Gasteiger partial charge in [0.05, 0.1) is 12.1 Å². The van der Waals surface area contributed by atoms with Crippen molar-refractivity contribution in [3.8, 4) is 11.1 Å². The Balaban J connectivity index is 2.00. The molecule has 0 spiro atoms. The molecule has 0 aliphatic carbocycles. The van der Waals surface area contributed by atoms with Gasteiger partial charge >= 0.3 is 0 Å². The van der Waals surface area contributed by atoms with Gasteiger partial charge in [0.1, 0.15) is 0 Å². The number of carbonyl (C=O) groups is 1. The van der Waals surface area contributed by atoms with E-state index in [9.17, 15) is 13.6 Å². The Morgan fingerprint density at radius 3 is 2.92 bits per heavy atom. The van der Waals surface area contributed by atoms with Crippen LogP contribution >= 0.6 is 0 Å². The summed E-state index contributed by atoms with van der Waals surface area (Å²) < 4.78 is 32.3. The minimum absolute atomic E-state index is 0.129. The van der Waals surface area contributed by atoms with Crippen molar-refractivity contribution >= 4 is 16.8 Å². The number of nitrogens with zero attached hydrogens (tertiary/aromatic N) is 1. The molecular weight excluding hydrogens is 316 g/mol. The maximum absolute atomic E-state index is 14.0. The van der Waals surface area contributed by atoms with E-state index in [1.54, 1.807) is 18.2 Å². The Labute approximate surface area is 136 Å². The predicted molar refractivity (Wildman–Crippen MR) is 85.7 cm³/mol. The van der Waals surface area contributed by atoms with Gasteiger partial charge in [-0.2, -0.15) is 5.10 Å². The van der Waals surface area contributed by atoms with Crippen LogP contribution in [0.25, 0.3) is 22.0 Å². The largest absolute Gasteiger partial charge is 0.383 e. The number of hydrogen-bond acceptors (Lipinski definition) is 3. The third-order valence-electron chi connectivity index (χ3n) is 3.63. The summed E-state index contributed by atoms with van der Waals surface area (Å²) in [6.07, 6.45) is 0. The van der Waals surface area contributed by atoms with Gasteiger partial charge in [-0.3, -0.25) is 9.89 Å². The highest BCUT2D eigenvalue weighted by atomic mass is 19.2. The summed E-state index contributed by atoms with van der Waals surface area (Å²) in [6, 6.07) is 8.91. The van der Waals surface area contributed by atoms with Gasteiger partial charge < -0.3 is 10.1 Å². The fourth-order valence-corrected chi connectivity index (χ4v) is 2.43. The predicted octanol–water partition coefficient (Wildman–Crippen LogP) is 2.88. The number of nitrogens with one attached hydrogen (secondary N) is 2. The number of hydrogen-bond donors (Lipinski definition) is 2. The third-order valence-corrected chi connectivity index (χ3v) is 3.63. The Kier molecular flexibility index (Phi) is 4.52. The standard InChI is InChI=1S/C17H15F2N3O2/c1-24-8-7-20-17(23)16-12-9-10(5-6-14(12)21-22-16)11-3-2-4-13(18)15(11)19/h2-6,9H,7-8H2,1H3,(H,20,23)(H,21,22). The number of amides is 1. The zero-order chi connectivity index (χ0) is 17.1. The number of fused-ring (bicyclic) bond motifs is 1. The SMILES string of the molecule is COCCNC(=O)c1n[nH]c2ccc(-c3cccc(F)c3F)cc12. The lowest BCUT2D eigenvalue weighted by molar-refractivity contribution is 0.0933. The van der Waals surface area contributed by atoms with Crippen molar-refractivity contribution in [1.29, 1.82) is 0 Å². The molecule has 0 unspecified atom stereocenters. The monoisotopic (exact) mass is 331 g/mol. The van der Waals surface area contributed by atoms with Crippen molar-refractivity contribution in [1.82, 2.24) is 15.5 Å². The topological polar surface area (TPSA) is 67.0 Å². The van der Waals surface area contributed by atoms with Crippen molar-refractivity contribution in [3.63, 3.8) is 0 Å². The number of benzene rings is 2. The van der Waals surface area contributed by atoms with Crippen LogP contribution in [0.4, 0.5) is 8.78 Å². The van der Waals surface area contributed by atoms with Crippen LogP contribution < -0.4 is 5.32 Å². The molecule has 0 radical (unpaired) electrons. The van der Waals surface area contributed by atoms with Crippen molar-refractivity contribution in [2.24, 2.45) is 0 Å². The molecule has 124 valence electrons. The van der Waals surface area contributed by atoms with Crippen LogP contribution in [-0.2, 0) is 4.74 Å². The van der Waals surface area contributed by atoms with Crippen molar-refractivity contribution in [3.05, 3.63) is 53.7 Å². The molecule has 7 heteroatoms. The molecule has 0 aliphatic heterocycles. The number of aromatic amines is 1. The number of aromatic nitrogens is 2. The molecule has 3 rings (SSSR count). The Morgan fingerprint density at radius 2 is 2.12 bits per heavy atom. The second-order valence-electron chi connectivity index (χ2n) is 5.18. The Bertz CT molecular complexity index is 893. The van der Waals surface area contributed by atoms with Gasteiger partial charge in [0.25, 0.3) is 5.91 Å². The average Bonchev–Trinajstić information content (AvgIpc) is 3.00. The first-order chi connectivity index (χ1) is 11.6. The van der Waals surface area contributed by atoms with E-state index < -0.39 is 11.6 Å². The molecule has 0 bridgehead atoms. The number of H-pyrrole nitrogens is 1. The van der Waals surface area contributed by atoms with Crippen molar-refractivity contribution in [2.45, 2.75) is 0 Å². The number of methoxy groups -OCH3 is 1. The second kappa shape index (κ2) is 6.76. The van der Waals surface area contributed by atoms with Gasteiger partial charge in [0.2, 0.25) is 0 Å². The molecule has 1 aromatic heterocycles. The summed E-state index contributed by atoms with van der Waals surface area (Å²) in [5.41, 5.74) is 1.42. The van der Waals surface area contributed by atoms with E-state index in [2.05, 4.69) is 15.5 Å². The zero-order valence-electron chi connectivity index (χ0n) is 12.9. The number of halogens is 2. The normalized spacial score (nSPS) is 11.0. The molecule has 1 heterocycles. The molecule has 0 fully saturated rings. The van der Waals surface area contributed by atoms with Crippen LogP contribution in [0.1, 0.15) is 10.5 Å². The highest BCUT2D eigenvalue weighted by Crippen LogP contribution is 2.28. The van der Waals surface area contributed by atoms with E-state index in [0.29, 0.717) is 29.6 Å². The first-order valence-corrected chi connectivity index (χ1v) is 7.31. The maximum Gasteiger partial charge on any atom is 0.272 e. The molecule has 2 aromatic carbocycles. The molecule has 5 nitrogen and oxygen atoms in total. The first-order valence-electron chi connectivity index (χ1n) is 7.31. The quantitative estimate of drug-likeness (QED) is 0.707. The molecule has 2 N–H and O–H groups in total. The first kappa shape index (κ1) is 16.1. The van der Waals surface area contributed by atoms with Crippen molar-refractivity contribution in [2.75, 3.05) is 20.3 Å². The zero-order valence-corrected chi connectivity index (χ0v) is 12.9. The molecule has 0 aliphatic rings. The van der Waals surface area contributed by atoms with Gasteiger partial charge in [-0.25, -0.2) is 8.78 Å². The Hall–Kier alpha value is -2.80. The summed E-state index contributed by atoms with van der Waals surface area (Å²) in [4.78, 5) is 12.2. The minimum Gasteiger partial charge on any atom is -0.383 e. The van der Waals surface area contributed by atoms with Gasteiger partial charge in [-0.1, -0.05) is 18.2 Å². The highest BCUT2D eigenvalue weighted by Gasteiger charge is 2.16. The number of rotatable bonds is 5. The van der Waals surface area contributed by atoms with E-state index in [1.165, 1.54) is 19.2 Å². The van der Waals surface area contributed by atoms with Gasteiger partial charge in [-0.05, 0) is 23.8 Å². The molecule has 24 heavy (non-hydrogen) atoms. The van der Waals surface area contributed by atoms with E-state index in [-0.39, 0.29) is 17.2 Å². The van der Waals surface area contributed by atoms with Gasteiger partial charge in [-0.15, -0.1) is 0 Å². The molecular formula is C17H15F2N3O2. The maximum atomic E-state index is 14.0. The van der Waals surface area contributed by atoms with E-state index in [0.717, 1.165) is 6.07 Å². The summed E-state index contributed by atoms with van der Waals surface area (Å²) in [5, 5.41) is 9.97. The fourth-order valence-electron chi connectivity index (χ4n) is 2.43. The number of ether oxygens (including phenoxy) is 1. The van der Waals surface area contributed by atoms with Crippen LogP contribution in [0.3, 0.4) is 0 Å². The average molecular weight is 331 g/mol. The lowest BCUT2D eigenvalue weighted by Gasteiger charge is -2.05. The van der Waals surface area contributed by atoms with Crippen LogP contribution in [0.15, 0.2) is 36.4 Å². The van der Waals surface area contributed by atoms with E-state index in [4.69, 9.17) is 4.74 Å². The van der Waals surface area contributed by atoms with E-state index in [1.807, 2.05) is 0 Å². The second-order valence-corrected chi connectivity index (χ2v) is 5.18. The van der Waals surface area contributed by atoms with Crippen LogP contribution in [-0.4, -0.2) is 36.4 Å². The lowest BCUT2D eigenvalue weighted by Crippen LogP contribution is -2.27. The van der Waals surface area contributed by atoms with Crippen LogP contribution in [0.5, 0.6) is 0 Å². The van der Waals surface area contributed by atoms with Gasteiger partial charge in [0.15, 0.2) is 17.3 Å². The smallest absolute Gasteiger partial charge is 0.272 e. The lowest BCUT2D eigenvalue weighted by atomic mass is 10.0. The third kappa shape index (κ3) is 2.98. The van der Waals surface area contributed by atoms with E-state index >= 15 is 0 Å². The van der Waals surface area contributed by atoms with Crippen LogP contribution in [0.2, 0.25) is 0 Å². The highest BCUT2D eigenvalue weighted by molar-refractivity contribution is 6.05. The molecule has 0 atom stereocenters. The molecule has 1 amide bonds. The molecule has 3 aromatic rings. The number of carbonyl (C=O) groups excluding carboxylic acids is 1. The molecule has 0 saturated carbocycles. The summed E-state index contributed by atoms with van der Waals surface area (Å²) in [6.45, 7) is 0.732. The Morgan fingerprint density at radius 1 is 1.29 bits per heavy atom. The van der Waals surface area contributed by atoms with Crippen molar-refractivity contribution < 1.29 is 18.3 Å². The summed E-state index contributed by atoms with van der Waals surface area (Å²) >= 11 is 0.